The average Bonchev–Trinajstić information content (AvgIpc) is 2.96. The van der Waals surface area contributed by atoms with Crippen LogP contribution in [0.3, 0.4) is 0 Å². The zero-order valence-electron chi connectivity index (χ0n) is 23.5. The van der Waals surface area contributed by atoms with Crippen LogP contribution >= 0.6 is 11.6 Å². The highest BCUT2D eigenvalue weighted by Gasteiger charge is 2.31. The van der Waals surface area contributed by atoms with Crippen LogP contribution in [0.25, 0.3) is 0 Å². The molecule has 0 bridgehead atoms. The molecular formula is C29H40ClN5O5. The topological polar surface area (TPSA) is 119 Å². The van der Waals surface area contributed by atoms with Gasteiger partial charge in [-0.3, -0.25) is 4.79 Å². The molecule has 10 nitrogen and oxygen atoms in total. The lowest BCUT2D eigenvalue weighted by molar-refractivity contribution is 0.00615. The summed E-state index contributed by atoms with van der Waals surface area (Å²) in [5.41, 5.74) is 7.76. The van der Waals surface area contributed by atoms with E-state index in [4.69, 9.17) is 31.5 Å². The number of nitrogens with one attached hydrogen (secondary N) is 1. The molecule has 3 heterocycles. The summed E-state index contributed by atoms with van der Waals surface area (Å²) < 4.78 is 16.7. The van der Waals surface area contributed by atoms with Crippen molar-refractivity contribution in [3.05, 3.63) is 52.0 Å². The minimum Gasteiger partial charge on any atom is -0.480 e. The van der Waals surface area contributed by atoms with E-state index in [9.17, 15) is 9.59 Å². The number of hydrogen-bond acceptors (Lipinski definition) is 9. The molecular weight excluding hydrogens is 534 g/mol. The molecule has 2 aliphatic heterocycles. The Morgan fingerprint density at radius 1 is 1.12 bits per heavy atom. The Hall–Kier alpha value is -2.92. The number of esters is 1. The number of piperidine rings is 2. The molecule has 218 valence electrons. The first-order valence-corrected chi connectivity index (χ1v) is 14.2. The SMILES string of the molecule is COc1nc(N)c(Cl)cc1C(=O)NC1CCN(CCCc2ccc(C(=O)OC3CCN(C)CC3)cc2)CC1OC. The number of methoxy groups -OCH3 is 2. The van der Waals surface area contributed by atoms with Gasteiger partial charge in [0.1, 0.15) is 17.5 Å². The predicted octanol–water partition coefficient (Wildman–Crippen LogP) is 3.03. The lowest BCUT2D eigenvalue weighted by Gasteiger charge is -2.38. The molecule has 3 N–H and O–H groups in total. The van der Waals surface area contributed by atoms with E-state index in [1.54, 1.807) is 7.11 Å². The molecule has 0 radical (unpaired) electrons. The van der Waals surface area contributed by atoms with Crippen LogP contribution in [0, 0.1) is 0 Å². The number of nitrogens with zero attached hydrogens (tertiary/aromatic N) is 3. The summed E-state index contributed by atoms with van der Waals surface area (Å²) >= 11 is 6.08. The minimum absolute atomic E-state index is 0.00723. The largest absolute Gasteiger partial charge is 0.480 e. The first-order valence-electron chi connectivity index (χ1n) is 13.8. The van der Waals surface area contributed by atoms with Crippen molar-refractivity contribution >= 4 is 29.3 Å². The van der Waals surface area contributed by atoms with E-state index in [0.29, 0.717) is 12.1 Å². The van der Waals surface area contributed by atoms with E-state index in [0.717, 1.165) is 58.3 Å². The number of halogens is 1. The summed E-state index contributed by atoms with van der Waals surface area (Å²) in [6.45, 7) is 4.37. The molecule has 40 heavy (non-hydrogen) atoms. The van der Waals surface area contributed by atoms with Gasteiger partial charge in [0.25, 0.3) is 5.91 Å². The molecule has 2 fully saturated rings. The van der Waals surface area contributed by atoms with Crippen LogP contribution in [-0.2, 0) is 15.9 Å². The van der Waals surface area contributed by atoms with Crippen molar-refractivity contribution in [2.24, 2.45) is 0 Å². The first-order chi connectivity index (χ1) is 19.3. The van der Waals surface area contributed by atoms with Gasteiger partial charge >= 0.3 is 5.97 Å². The zero-order valence-corrected chi connectivity index (χ0v) is 24.3. The Kier molecular flexibility index (Phi) is 10.6. The van der Waals surface area contributed by atoms with Crippen LogP contribution < -0.4 is 15.8 Å². The summed E-state index contributed by atoms with van der Waals surface area (Å²) in [5.74, 6) is -0.325. The molecule has 0 aliphatic carbocycles. The van der Waals surface area contributed by atoms with Gasteiger partial charge in [0.2, 0.25) is 5.88 Å². The van der Waals surface area contributed by atoms with Gasteiger partial charge in [-0.15, -0.1) is 0 Å². The lowest BCUT2D eigenvalue weighted by atomic mass is 10.00. The Morgan fingerprint density at radius 3 is 2.52 bits per heavy atom. The highest BCUT2D eigenvalue weighted by Crippen LogP contribution is 2.26. The van der Waals surface area contributed by atoms with Gasteiger partial charge in [0.05, 0.1) is 29.8 Å². The number of nitrogen functional groups attached to an aromatic ring is 1. The van der Waals surface area contributed by atoms with Crippen LogP contribution in [0.4, 0.5) is 5.82 Å². The number of aryl methyl sites for hydroxylation is 1. The molecule has 1 aromatic carbocycles. The number of benzene rings is 1. The molecule has 1 aromatic heterocycles. The van der Waals surface area contributed by atoms with Crippen molar-refractivity contribution in [1.82, 2.24) is 20.1 Å². The van der Waals surface area contributed by atoms with Crippen LogP contribution in [0.2, 0.25) is 5.02 Å². The number of nitrogens with two attached hydrogens (primary N) is 1. The van der Waals surface area contributed by atoms with E-state index >= 15 is 0 Å². The third-order valence-corrected chi connectivity index (χ3v) is 8.04. The molecule has 2 saturated heterocycles. The lowest BCUT2D eigenvalue weighted by Crippen LogP contribution is -2.55. The zero-order chi connectivity index (χ0) is 28.6. The van der Waals surface area contributed by atoms with Gasteiger partial charge in [-0.25, -0.2) is 4.79 Å². The standard InChI is InChI=1S/C29H40ClN5O5/c1-34-14-10-21(11-15-34)40-29(37)20-8-6-19(7-9-20)5-4-13-35-16-12-24(25(18-35)38-2)32-27(36)22-17-23(30)26(31)33-28(22)39-3/h6-9,17,21,24-25H,4-5,10-16,18H2,1-3H3,(H2,31,33)(H,32,36). The second-order valence-corrected chi connectivity index (χ2v) is 11.0. The van der Waals surface area contributed by atoms with Crippen LogP contribution in [0.15, 0.2) is 30.3 Å². The number of rotatable bonds is 10. The number of aromatic nitrogens is 1. The average molecular weight is 574 g/mol. The van der Waals surface area contributed by atoms with Gasteiger partial charge in [-0.1, -0.05) is 23.7 Å². The molecule has 2 aliphatic rings. The van der Waals surface area contributed by atoms with Crippen LogP contribution in [0.1, 0.15) is 52.0 Å². The molecule has 2 atom stereocenters. The van der Waals surface area contributed by atoms with Crippen molar-refractivity contribution in [2.45, 2.75) is 50.4 Å². The number of hydrogen-bond donors (Lipinski definition) is 2. The highest BCUT2D eigenvalue weighted by atomic mass is 35.5. The third-order valence-electron chi connectivity index (χ3n) is 7.74. The number of likely N-dealkylation sites (tertiary alicyclic amines) is 2. The number of carbonyl (C=O) groups is 2. The monoisotopic (exact) mass is 573 g/mol. The normalized spacial score (nSPS) is 20.7. The smallest absolute Gasteiger partial charge is 0.338 e. The van der Waals surface area contributed by atoms with Crippen molar-refractivity contribution in [3.63, 3.8) is 0 Å². The summed E-state index contributed by atoms with van der Waals surface area (Å²) in [6, 6.07) is 9.06. The second kappa shape index (κ2) is 14.1. The van der Waals surface area contributed by atoms with Crippen molar-refractivity contribution in [2.75, 3.05) is 59.7 Å². The van der Waals surface area contributed by atoms with Crippen LogP contribution in [0.5, 0.6) is 5.88 Å². The first kappa shape index (κ1) is 30.0. The quantitative estimate of drug-likeness (QED) is 0.413. The Balaban J connectivity index is 1.22. The number of pyridine rings is 1. The maximum atomic E-state index is 13.0. The van der Waals surface area contributed by atoms with Gasteiger partial charge in [0, 0.05) is 33.3 Å². The van der Waals surface area contributed by atoms with E-state index in [1.807, 2.05) is 24.3 Å². The molecule has 2 aromatic rings. The van der Waals surface area contributed by atoms with E-state index in [1.165, 1.54) is 18.7 Å². The fraction of sp³-hybridized carbons (Fsp3) is 0.552. The van der Waals surface area contributed by atoms with Gasteiger partial charge < -0.3 is 35.1 Å². The van der Waals surface area contributed by atoms with Crippen molar-refractivity contribution in [3.8, 4) is 5.88 Å². The fourth-order valence-corrected chi connectivity index (χ4v) is 5.43. The van der Waals surface area contributed by atoms with Crippen molar-refractivity contribution < 1.29 is 23.8 Å². The Labute approximate surface area is 241 Å². The summed E-state index contributed by atoms with van der Waals surface area (Å²) in [5, 5.41) is 3.25. The highest BCUT2D eigenvalue weighted by molar-refractivity contribution is 6.33. The molecule has 11 heteroatoms. The molecule has 0 spiro atoms. The minimum atomic E-state index is -0.328. The fourth-order valence-electron chi connectivity index (χ4n) is 5.27. The number of anilines is 1. The molecule has 0 saturated carbocycles. The summed E-state index contributed by atoms with van der Waals surface area (Å²) in [6.07, 6.45) is 4.25. The number of carbonyl (C=O) groups excluding carboxylic acids is 2. The Bertz CT molecular complexity index is 1160. The third kappa shape index (κ3) is 7.84. The predicted molar refractivity (Wildman–Crippen MR) is 154 cm³/mol. The number of amides is 1. The molecule has 1 amide bonds. The summed E-state index contributed by atoms with van der Waals surface area (Å²) in [4.78, 5) is 34.2. The molecule has 2 unspecified atom stereocenters. The van der Waals surface area contributed by atoms with E-state index < -0.39 is 0 Å². The molecule has 4 rings (SSSR count). The second-order valence-electron chi connectivity index (χ2n) is 10.6. The van der Waals surface area contributed by atoms with Gasteiger partial charge in [-0.2, -0.15) is 4.98 Å². The maximum absolute atomic E-state index is 13.0. The van der Waals surface area contributed by atoms with E-state index in [2.05, 4.69) is 27.1 Å². The summed E-state index contributed by atoms with van der Waals surface area (Å²) in [7, 11) is 5.18. The van der Waals surface area contributed by atoms with E-state index in [-0.39, 0.29) is 52.4 Å². The van der Waals surface area contributed by atoms with Gasteiger partial charge in [0.15, 0.2) is 0 Å². The van der Waals surface area contributed by atoms with Gasteiger partial charge in [-0.05, 0) is 69.5 Å². The maximum Gasteiger partial charge on any atom is 0.338 e. The van der Waals surface area contributed by atoms with Crippen molar-refractivity contribution in [1.29, 1.82) is 0 Å². The number of ether oxygens (including phenoxy) is 3. The van der Waals surface area contributed by atoms with Crippen LogP contribution in [-0.4, -0.2) is 98.9 Å². The Morgan fingerprint density at radius 2 is 1.85 bits per heavy atom.